The number of piperidine rings is 3. The molecule has 1 aromatic carbocycles. The maximum atomic E-state index is 4.32. The Bertz CT molecular complexity index is 1110. The van der Waals surface area contributed by atoms with Crippen molar-refractivity contribution in [3.05, 3.63) is 84.6 Å². The summed E-state index contributed by atoms with van der Waals surface area (Å²) in [5, 5.41) is 1.23. The number of nitrogens with one attached hydrogen (secondary N) is 1. The van der Waals surface area contributed by atoms with E-state index in [4.69, 9.17) is 0 Å². The highest BCUT2D eigenvalue weighted by molar-refractivity contribution is 5.84. The molecule has 1 atom stereocenters. The molecule has 3 fully saturated rings. The summed E-state index contributed by atoms with van der Waals surface area (Å²) in [6, 6.07) is 17.7. The fourth-order valence-electron chi connectivity index (χ4n) is 4.96. The molecular formula is C27H30N4. The highest BCUT2D eigenvalue weighted by atomic mass is 15.2. The maximum absolute atomic E-state index is 4.32. The SMILES string of the molecule is Cc1ccc(-c2ccc3[nH]ccc3c2)cn1.c1cncc(CC2CC3CCN2CC3)c1. The van der Waals surface area contributed by atoms with Crippen LogP contribution in [0.15, 0.2) is 73.3 Å². The quantitative estimate of drug-likeness (QED) is 0.475. The molecular weight excluding hydrogens is 380 g/mol. The molecule has 3 aliphatic heterocycles. The summed E-state index contributed by atoms with van der Waals surface area (Å²) in [6.45, 7) is 4.66. The van der Waals surface area contributed by atoms with Gasteiger partial charge in [0.2, 0.25) is 0 Å². The number of pyridine rings is 2. The Morgan fingerprint density at radius 1 is 1.00 bits per heavy atom. The van der Waals surface area contributed by atoms with Gasteiger partial charge in [0.1, 0.15) is 0 Å². The molecule has 0 spiro atoms. The van der Waals surface area contributed by atoms with E-state index in [0.29, 0.717) is 0 Å². The number of benzene rings is 1. The minimum absolute atomic E-state index is 0.793. The number of rotatable bonds is 3. The second-order valence-corrected chi connectivity index (χ2v) is 8.90. The Morgan fingerprint density at radius 2 is 1.87 bits per heavy atom. The van der Waals surface area contributed by atoms with Crippen molar-refractivity contribution in [1.82, 2.24) is 19.9 Å². The van der Waals surface area contributed by atoms with E-state index < -0.39 is 0 Å². The average molecular weight is 411 g/mol. The summed E-state index contributed by atoms with van der Waals surface area (Å²) in [4.78, 5) is 14.4. The molecule has 3 aliphatic rings. The van der Waals surface area contributed by atoms with Gasteiger partial charge in [-0.05, 0) is 98.5 Å². The smallest absolute Gasteiger partial charge is 0.0454 e. The Kier molecular flexibility index (Phi) is 5.81. The fourth-order valence-corrected chi connectivity index (χ4v) is 4.96. The highest BCUT2D eigenvalue weighted by Gasteiger charge is 2.33. The van der Waals surface area contributed by atoms with Crippen LogP contribution < -0.4 is 0 Å². The Balaban J connectivity index is 0.000000132. The lowest BCUT2D eigenvalue weighted by Crippen LogP contribution is -2.49. The van der Waals surface area contributed by atoms with Crippen molar-refractivity contribution in [2.24, 2.45) is 5.92 Å². The van der Waals surface area contributed by atoms with Gasteiger partial charge in [-0.15, -0.1) is 0 Å². The molecule has 3 aromatic heterocycles. The third kappa shape index (κ3) is 4.70. The molecule has 158 valence electrons. The molecule has 0 aliphatic carbocycles. The first kappa shape index (κ1) is 20.0. The van der Waals surface area contributed by atoms with Crippen LogP contribution in [0.5, 0.6) is 0 Å². The summed E-state index contributed by atoms with van der Waals surface area (Å²) < 4.78 is 0. The lowest BCUT2D eigenvalue weighted by Gasteiger charge is -2.45. The number of H-pyrrole nitrogens is 1. The summed E-state index contributed by atoms with van der Waals surface area (Å²) in [5.74, 6) is 1.01. The summed E-state index contributed by atoms with van der Waals surface area (Å²) in [6.07, 6.45) is 13.2. The molecule has 4 heteroatoms. The molecule has 0 radical (unpaired) electrons. The van der Waals surface area contributed by atoms with Crippen LogP contribution in [0.4, 0.5) is 0 Å². The maximum Gasteiger partial charge on any atom is 0.0454 e. The Hall–Kier alpha value is -2.98. The van der Waals surface area contributed by atoms with Gasteiger partial charge in [0, 0.05) is 47.6 Å². The minimum Gasteiger partial charge on any atom is -0.361 e. The van der Waals surface area contributed by atoms with E-state index in [1.807, 2.05) is 43.8 Å². The second-order valence-electron chi connectivity index (χ2n) is 8.90. The van der Waals surface area contributed by atoms with Gasteiger partial charge >= 0.3 is 0 Å². The average Bonchev–Trinajstić information content (AvgIpc) is 3.30. The van der Waals surface area contributed by atoms with E-state index in [-0.39, 0.29) is 0 Å². The third-order valence-corrected chi connectivity index (χ3v) is 6.76. The lowest BCUT2D eigenvalue weighted by atomic mass is 9.81. The predicted octanol–water partition coefficient (Wildman–Crippen LogP) is 5.65. The van der Waals surface area contributed by atoms with Crippen molar-refractivity contribution in [3.8, 4) is 11.1 Å². The molecule has 6 heterocycles. The monoisotopic (exact) mass is 410 g/mol. The minimum atomic E-state index is 0.793. The molecule has 2 bridgehead atoms. The van der Waals surface area contributed by atoms with E-state index in [0.717, 1.165) is 23.2 Å². The number of aryl methyl sites for hydroxylation is 1. The first-order valence-corrected chi connectivity index (χ1v) is 11.4. The van der Waals surface area contributed by atoms with Crippen molar-refractivity contribution in [2.45, 2.75) is 38.6 Å². The van der Waals surface area contributed by atoms with Crippen LogP contribution in [0.2, 0.25) is 0 Å². The van der Waals surface area contributed by atoms with Crippen molar-refractivity contribution >= 4 is 10.9 Å². The van der Waals surface area contributed by atoms with Gasteiger partial charge in [-0.2, -0.15) is 0 Å². The van der Waals surface area contributed by atoms with Crippen LogP contribution in [0.3, 0.4) is 0 Å². The van der Waals surface area contributed by atoms with Gasteiger partial charge in [-0.3, -0.25) is 9.97 Å². The molecule has 7 rings (SSSR count). The number of nitrogens with zero attached hydrogens (tertiary/aromatic N) is 3. The zero-order valence-corrected chi connectivity index (χ0v) is 18.2. The van der Waals surface area contributed by atoms with Gasteiger partial charge in [-0.25, -0.2) is 0 Å². The normalized spacial score (nSPS) is 22.2. The molecule has 4 nitrogen and oxygen atoms in total. The molecule has 0 saturated carbocycles. The number of hydrogen-bond acceptors (Lipinski definition) is 3. The van der Waals surface area contributed by atoms with Gasteiger partial charge in [0.05, 0.1) is 0 Å². The van der Waals surface area contributed by atoms with Crippen LogP contribution in [0, 0.1) is 12.8 Å². The van der Waals surface area contributed by atoms with Crippen LogP contribution in [0.25, 0.3) is 22.0 Å². The van der Waals surface area contributed by atoms with E-state index in [1.54, 1.807) is 0 Å². The molecule has 31 heavy (non-hydrogen) atoms. The molecule has 4 aromatic rings. The van der Waals surface area contributed by atoms with Gasteiger partial charge in [0.25, 0.3) is 0 Å². The van der Waals surface area contributed by atoms with Crippen LogP contribution in [-0.4, -0.2) is 39.0 Å². The number of aromatic amines is 1. The zero-order chi connectivity index (χ0) is 21.0. The van der Waals surface area contributed by atoms with E-state index >= 15 is 0 Å². The molecule has 1 unspecified atom stereocenters. The highest BCUT2D eigenvalue weighted by Crippen LogP contribution is 2.33. The van der Waals surface area contributed by atoms with E-state index in [9.17, 15) is 0 Å². The number of aromatic nitrogens is 3. The second kappa shape index (κ2) is 9.03. The summed E-state index contributed by atoms with van der Waals surface area (Å²) in [7, 11) is 0. The molecule has 3 saturated heterocycles. The predicted molar refractivity (Wildman–Crippen MR) is 127 cm³/mol. The topological polar surface area (TPSA) is 44.8 Å². The first-order chi connectivity index (χ1) is 15.2. The fraction of sp³-hybridized carbons (Fsp3) is 0.333. The van der Waals surface area contributed by atoms with Gasteiger partial charge < -0.3 is 9.88 Å². The molecule has 1 N–H and O–H groups in total. The zero-order valence-electron chi connectivity index (χ0n) is 18.2. The number of fused-ring (bicyclic) bond motifs is 4. The summed E-state index contributed by atoms with van der Waals surface area (Å²) >= 11 is 0. The van der Waals surface area contributed by atoms with Crippen LogP contribution >= 0.6 is 0 Å². The van der Waals surface area contributed by atoms with Crippen LogP contribution in [0.1, 0.15) is 30.5 Å². The Labute approximate surface area is 184 Å². The lowest BCUT2D eigenvalue weighted by molar-refractivity contribution is 0.0498. The standard InChI is InChI=1S/C14H12N2.C13H18N2/c1-10-2-3-13(9-16-10)11-4-5-14-12(8-11)6-7-15-14;1-2-12(10-14-5-1)9-13-8-11-3-6-15(13)7-4-11/h2-9,15H,1H3;1-2,5,10-11,13H,3-4,6-9H2. The largest absolute Gasteiger partial charge is 0.361 e. The number of hydrogen-bond donors (Lipinski definition) is 1. The first-order valence-electron chi connectivity index (χ1n) is 11.4. The van der Waals surface area contributed by atoms with Crippen molar-refractivity contribution in [3.63, 3.8) is 0 Å². The van der Waals surface area contributed by atoms with Crippen molar-refractivity contribution in [1.29, 1.82) is 0 Å². The van der Waals surface area contributed by atoms with Crippen molar-refractivity contribution in [2.75, 3.05) is 13.1 Å². The van der Waals surface area contributed by atoms with E-state index in [2.05, 4.69) is 56.3 Å². The van der Waals surface area contributed by atoms with E-state index in [1.165, 1.54) is 60.8 Å². The third-order valence-electron chi connectivity index (χ3n) is 6.76. The van der Waals surface area contributed by atoms with Crippen molar-refractivity contribution < 1.29 is 0 Å². The summed E-state index contributed by atoms with van der Waals surface area (Å²) in [5.41, 5.74) is 5.98. The van der Waals surface area contributed by atoms with Crippen LogP contribution in [-0.2, 0) is 6.42 Å². The van der Waals surface area contributed by atoms with Gasteiger partial charge in [-0.1, -0.05) is 18.2 Å². The molecule has 0 amide bonds. The van der Waals surface area contributed by atoms with Gasteiger partial charge in [0.15, 0.2) is 0 Å². The Morgan fingerprint density at radius 3 is 2.58 bits per heavy atom.